The molecular weight excluding hydrogens is 576 g/mol. The van der Waals surface area contributed by atoms with Gasteiger partial charge in [0.1, 0.15) is 23.8 Å². The Bertz CT molecular complexity index is 1270. The topological polar surface area (TPSA) is 155 Å². The molecule has 248 valence electrons. The molecule has 1 unspecified atom stereocenters. The third-order valence-corrected chi connectivity index (χ3v) is 8.93. The first kappa shape index (κ1) is 34.3. The van der Waals surface area contributed by atoms with Gasteiger partial charge in [-0.25, -0.2) is 4.79 Å². The number of nitrogens with zero attached hydrogens (tertiary/aromatic N) is 2. The molecule has 2 atom stereocenters. The molecule has 0 spiro atoms. The number of hydrogen-bond acceptors (Lipinski definition) is 10. The van der Waals surface area contributed by atoms with Crippen molar-refractivity contribution >= 4 is 17.9 Å². The number of nitrogens with two attached hydrogens (primary N) is 1. The molecule has 1 aromatic carbocycles. The second-order valence-electron chi connectivity index (χ2n) is 12.2. The highest BCUT2D eigenvalue weighted by molar-refractivity contribution is 5.76. The maximum atomic E-state index is 11.7. The lowest BCUT2D eigenvalue weighted by Gasteiger charge is -2.21. The van der Waals surface area contributed by atoms with Gasteiger partial charge < -0.3 is 35.1 Å². The Kier molecular flexibility index (Phi) is 13.5. The van der Waals surface area contributed by atoms with Crippen LogP contribution >= 0.6 is 0 Å². The molecule has 2 heterocycles. The monoisotopic (exact) mass is 626 g/mol. The molecule has 11 nitrogen and oxygen atoms in total. The molecule has 4 N–H and O–H groups in total. The average Bonchev–Trinajstić information content (AvgIpc) is 3.20. The molecule has 45 heavy (non-hydrogen) atoms. The van der Waals surface area contributed by atoms with Gasteiger partial charge >= 0.3 is 12.1 Å². The van der Waals surface area contributed by atoms with Gasteiger partial charge in [-0.15, -0.1) is 10.2 Å². The Morgan fingerprint density at radius 2 is 1.84 bits per heavy atom. The fourth-order valence-electron chi connectivity index (χ4n) is 6.74. The van der Waals surface area contributed by atoms with Crippen LogP contribution in [0.2, 0.25) is 0 Å². The number of esters is 1. The summed E-state index contributed by atoms with van der Waals surface area (Å²) >= 11 is 0. The van der Waals surface area contributed by atoms with Crippen LogP contribution in [0.25, 0.3) is 11.3 Å². The van der Waals surface area contributed by atoms with Crippen molar-refractivity contribution in [3.63, 3.8) is 0 Å². The maximum absolute atomic E-state index is 11.7. The number of methoxy groups -OCH3 is 1. The molecular formula is C34H50N4O7. The number of ether oxygens (including phenoxy) is 4. The first-order valence-corrected chi connectivity index (χ1v) is 16.6. The third kappa shape index (κ3) is 10.2. The number of rotatable bonds is 14. The van der Waals surface area contributed by atoms with Gasteiger partial charge in [0.05, 0.1) is 20.3 Å². The highest BCUT2D eigenvalue weighted by atomic mass is 16.5. The third-order valence-electron chi connectivity index (χ3n) is 8.93. The predicted molar refractivity (Wildman–Crippen MR) is 171 cm³/mol. The van der Waals surface area contributed by atoms with Gasteiger partial charge in [0.15, 0.2) is 5.82 Å². The molecule has 1 aliphatic heterocycles. The number of primary amides is 1. The Hall–Kier alpha value is -3.60. The van der Waals surface area contributed by atoms with E-state index in [0.717, 1.165) is 49.1 Å². The lowest BCUT2D eigenvalue weighted by molar-refractivity contribution is -0.143. The minimum Gasteiger partial charge on any atom is -0.507 e. The zero-order valence-corrected chi connectivity index (χ0v) is 26.9. The number of amides is 1. The molecule has 2 aliphatic rings. The van der Waals surface area contributed by atoms with Crippen molar-refractivity contribution in [3.05, 3.63) is 28.8 Å². The fourth-order valence-corrected chi connectivity index (χ4v) is 6.74. The number of anilines is 1. The number of benzene rings is 1. The van der Waals surface area contributed by atoms with Crippen LogP contribution in [-0.4, -0.2) is 54.2 Å². The molecule has 1 fully saturated rings. The molecule has 4 rings (SSSR count). The number of hydrogen-bond donors (Lipinski definition) is 3. The van der Waals surface area contributed by atoms with E-state index in [1.165, 1.54) is 38.5 Å². The quantitative estimate of drug-likeness (QED) is 0.121. The Morgan fingerprint density at radius 1 is 1.07 bits per heavy atom. The van der Waals surface area contributed by atoms with Gasteiger partial charge in [-0.1, -0.05) is 38.5 Å². The molecule has 1 aliphatic carbocycles. The van der Waals surface area contributed by atoms with Crippen molar-refractivity contribution in [2.45, 2.75) is 104 Å². The van der Waals surface area contributed by atoms with E-state index in [2.05, 4.69) is 15.5 Å². The van der Waals surface area contributed by atoms with E-state index in [-0.39, 0.29) is 18.3 Å². The van der Waals surface area contributed by atoms with Gasteiger partial charge in [0, 0.05) is 36.8 Å². The zero-order chi connectivity index (χ0) is 32.0. The number of carbonyl (C=O) groups is 2. The van der Waals surface area contributed by atoms with E-state index in [1.54, 1.807) is 13.2 Å². The van der Waals surface area contributed by atoms with Crippen LogP contribution in [0.3, 0.4) is 0 Å². The first-order chi connectivity index (χ1) is 21.9. The standard InChI is InChI=1S/C34H50N4O7/c1-3-44-30(40)15-7-6-12-23-10-4-5-11-24(18-23)13-8-16-36-33-28(22-45-34(35)41)27-14-9-17-43-21-25-19-26(42-2)20-29(39)31(25)32(27)37-38-33/h19-20,23-24,39H,3-18,21-22H2,1-2H3,(H2,35,41)(H,36,38)/t23?,24-/m0/s1. The van der Waals surface area contributed by atoms with Crippen LogP contribution in [0.15, 0.2) is 12.1 Å². The summed E-state index contributed by atoms with van der Waals surface area (Å²) < 4.78 is 21.6. The summed E-state index contributed by atoms with van der Waals surface area (Å²) in [6, 6.07) is 3.38. The van der Waals surface area contributed by atoms with Crippen molar-refractivity contribution in [2.24, 2.45) is 17.6 Å². The van der Waals surface area contributed by atoms with Crippen LogP contribution in [0.4, 0.5) is 10.6 Å². The number of aromatic nitrogens is 2. The second kappa shape index (κ2) is 17.8. The summed E-state index contributed by atoms with van der Waals surface area (Å²) in [6.45, 7) is 3.77. The first-order valence-electron chi connectivity index (χ1n) is 16.6. The van der Waals surface area contributed by atoms with Gasteiger partial charge in [0.2, 0.25) is 0 Å². The smallest absolute Gasteiger partial charge is 0.404 e. The lowest BCUT2D eigenvalue weighted by Crippen LogP contribution is -2.17. The van der Waals surface area contributed by atoms with Crippen LogP contribution < -0.4 is 15.8 Å². The van der Waals surface area contributed by atoms with E-state index >= 15 is 0 Å². The predicted octanol–water partition coefficient (Wildman–Crippen LogP) is 6.43. The van der Waals surface area contributed by atoms with E-state index in [1.807, 2.05) is 13.0 Å². The molecule has 0 bridgehead atoms. The zero-order valence-electron chi connectivity index (χ0n) is 26.9. The Morgan fingerprint density at radius 3 is 2.58 bits per heavy atom. The minimum atomic E-state index is -0.866. The van der Waals surface area contributed by atoms with Crippen molar-refractivity contribution < 1.29 is 33.6 Å². The number of phenolic OH excluding ortho intramolecular Hbond substituents is 1. The van der Waals surface area contributed by atoms with Crippen LogP contribution in [0.5, 0.6) is 11.5 Å². The number of unbranched alkanes of at least 4 members (excludes halogenated alkanes) is 1. The number of fused-ring (bicyclic) bond motifs is 3. The van der Waals surface area contributed by atoms with Crippen molar-refractivity contribution in [1.82, 2.24) is 10.2 Å². The Balaban J connectivity index is 1.42. The largest absolute Gasteiger partial charge is 0.507 e. The summed E-state index contributed by atoms with van der Waals surface area (Å²) in [4.78, 5) is 23.3. The number of nitrogens with one attached hydrogen (secondary N) is 1. The summed E-state index contributed by atoms with van der Waals surface area (Å²) in [5.41, 5.74) is 8.73. The van der Waals surface area contributed by atoms with Crippen molar-refractivity contribution in [3.8, 4) is 22.8 Å². The molecule has 1 saturated carbocycles. The highest BCUT2D eigenvalue weighted by Crippen LogP contribution is 2.40. The van der Waals surface area contributed by atoms with E-state index in [9.17, 15) is 14.7 Å². The molecule has 0 saturated heterocycles. The van der Waals surface area contributed by atoms with Crippen molar-refractivity contribution in [2.75, 3.05) is 32.2 Å². The lowest BCUT2D eigenvalue weighted by atomic mass is 9.87. The van der Waals surface area contributed by atoms with Crippen LogP contribution in [0.1, 0.15) is 101 Å². The van der Waals surface area contributed by atoms with Gasteiger partial charge in [-0.2, -0.15) is 0 Å². The molecule has 11 heteroatoms. The average molecular weight is 627 g/mol. The van der Waals surface area contributed by atoms with Gasteiger partial charge in [0.25, 0.3) is 0 Å². The Labute approximate surface area is 266 Å². The van der Waals surface area contributed by atoms with E-state index < -0.39 is 6.09 Å². The highest BCUT2D eigenvalue weighted by Gasteiger charge is 2.25. The molecule has 0 radical (unpaired) electrons. The SMILES string of the molecule is CCOC(=O)CCCCC1CCCC[C@@H](CCCNc2nnc3c(c2COC(N)=O)CCCOCc2cc(OC)cc(O)c2-3)C1. The molecule has 1 aromatic heterocycles. The number of phenols is 1. The van der Waals surface area contributed by atoms with Crippen LogP contribution in [-0.2, 0) is 38.6 Å². The van der Waals surface area contributed by atoms with Crippen LogP contribution in [0, 0.1) is 11.8 Å². The summed E-state index contributed by atoms with van der Waals surface area (Å²) in [5, 5.41) is 23.6. The summed E-state index contributed by atoms with van der Waals surface area (Å²) in [5.74, 6) is 2.42. The second-order valence-corrected chi connectivity index (χ2v) is 12.2. The summed E-state index contributed by atoms with van der Waals surface area (Å²) in [7, 11) is 1.55. The summed E-state index contributed by atoms with van der Waals surface area (Å²) in [6.07, 6.45) is 12.6. The number of carbonyl (C=O) groups excluding carboxylic acids is 2. The maximum Gasteiger partial charge on any atom is 0.404 e. The van der Waals surface area contributed by atoms with Crippen molar-refractivity contribution in [1.29, 1.82) is 0 Å². The molecule has 2 aromatic rings. The fraction of sp³-hybridized carbons (Fsp3) is 0.647. The van der Waals surface area contributed by atoms with E-state index in [0.29, 0.717) is 73.5 Å². The molecule has 1 amide bonds. The van der Waals surface area contributed by atoms with Gasteiger partial charge in [-0.3, -0.25) is 4.79 Å². The minimum absolute atomic E-state index is 0.0218. The van der Waals surface area contributed by atoms with Gasteiger partial charge in [-0.05, 0) is 74.5 Å². The number of aromatic hydroxyl groups is 1. The van der Waals surface area contributed by atoms with E-state index in [4.69, 9.17) is 24.7 Å². The normalized spacial score (nSPS) is 18.3.